The molecule has 1 heterocycles. The van der Waals surface area contributed by atoms with Gasteiger partial charge in [-0.2, -0.15) is 0 Å². The summed E-state index contributed by atoms with van der Waals surface area (Å²) < 4.78 is 0. The van der Waals surface area contributed by atoms with Crippen LogP contribution in [0, 0.1) is 5.92 Å². The second kappa shape index (κ2) is 8.27. The third kappa shape index (κ3) is 5.19. The van der Waals surface area contributed by atoms with Gasteiger partial charge in [-0.3, -0.25) is 4.79 Å². The molecule has 0 fully saturated rings. The van der Waals surface area contributed by atoms with Crippen molar-refractivity contribution >= 4 is 17.2 Å². The van der Waals surface area contributed by atoms with E-state index < -0.39 is 0 Å². The topological polar surface area (TPSA) is 55.1 Å². The van der Waals surface area contributed by atoms with Crippen LogP contribution in [0.2, 0.25) is 0 Å². The smallest absolute Gasteiger partial charge is 0.220 e. The SMILES string of the molecule is CCc1ccsc1CNC(=O)CCC(C)CCN. The molecule has 3 nitrogen and oxygen atoms in total. The Morgan fingerprint density at radius 1 is 1.50 bits per heavy atom. The van der Waals surface area contributed by atoms with Gasteiger partial charge in [0.25, 0.3) is 0 Å². The molecule has 0 saturated heterocycles. The molecule has 1 unspecified atom stereocenters. The number of rotatable bonds is 8. The maximum atomic E-state index is 11.7. The van der Waals surface area contributed by atoms with Gasteiger partial charge in [-0.25, -0.2) is 0 Å². The highest BCUT2D eigenvalue weighted by Gasteiger charge is 2.07. The molecule has 1 atom stereocenters. The van der Waals surface area contributed by atoms with Gasteiger partial charge in [-0.05, 0) is 48.7 Å². The second-order valence-corrected chi connectivity index (χ2v) is 5.72. The van der Waals surface area contributed by atoms with Gasteiger partial charge >= 0.3 is 0 Å². The summed E-state index contributed by atoms with van der Waals surface area (Å²) in [4.78, 5) is 13.0. The zero-order chi connectivity index (χ0) is 13.4. The molecule has 0 aliphatic heterocycles. The van der Waals surface area contributed by atoms with Gasteiger partial charge in [0, 0.05) is 11.3 Å². The maximum Gasteiger partial charge on any atom is 0.220 e. The molecule has 1 aromatic heterocycles. The number of carbonyl (C=O) groups excluding carboxylic acids is 1. The van der Waals surface area contributed by atoms with E-state index in [0.29, 0.717) is 25.4 Å². The first kappa shape index (κ1) is 15.2. The molecular weight excluding hydrogens is 244 g/mol. The van der Waals surface area contributed by atoms with Gasteiger partial charge in [-0.1, -0.05) is 13.8 Å². The number of amides is 1. The average molecular weight is 268 g/mol. The minimum Gasteiger partial charge on any atom is -0.351 e. The quantitative estimate of drug-likeness (QED) is 0.761. The van der Waals surface area contributed by atoms with Gasteiger partial charge in [-0.15, -0.1) is 11.3 Å². The summed E-state index contributed by atoms with van der Waals surface area (Å²) in [6.45, 7) is 5.67. The van der Waals surface area contributed by atoms with Crippen LogP contribution >= 0.6 is 11.3 Å². The molecule has 0 aliphatic carbocycles. The molecule has 0 bridgehead atoms. The Morgan fingerprint density at radius 3 is 2.94 bits per heavy atom. The number of hydrogen-bond donors (Lipinski definition) is 2. The molecule has 0 radical (unpaired) electrons. The Labute approximate surface area is 114 Å². The van der Waals surface area contributed by atoms with Crippen molar-refractivity contribution in [2.24, 2.45) is 11.7 Å². The largest absolute Gasteiger partial charge is 0.351 e. The van der Waals surface area contributed by atoms with Crippen molar-refractivity contribution in [1.29, 1.82) is 0 Å². The highest BCUT2D eigenvalue weighted by molar-refractivity contribution is 7.10. The van der Waals surface area contributed by atoms with Crippen LogP contribution in [-0.2, 0) is 17.8 Å². The van der Waals surface area contributed by atoms with Gasteiger partial charge in [0.05, 0.1) is 6.54 Å². The van der Waals surface area contributed by atoms with E-state index in [1.807, 2.05) is 0 Å². The molecule has 102 valence electrons. The van der Waals surface area contributed by atoms with Crippen molar-refractivity contribution in [1.82, 2.24) is 5.32 Å². The number of nitrogens with two attached hydrogens (primary N) is 1. The number of nitrogens with one attached hydrogen (secondary N) is 1. The van der Waals surface area contributed by atoms with E-state index in [-0.39, 0.29) is 5.91 Å². The Kier molecular flexibility index (Phi) is 6.98. The standard InChI is InChI=1S/C14H24N2OS/c1-3-12-7-9-18-13(12)10-16-14(17)5-4-11(2)6-8-15/h7,9,11H,3-6,8,10,15H2,1-2H3,(H,16,17). The lowest BCUT2D eigenvalue weighted by Gasteiger charge is -2.10. The monoisotopic (exact) mass is 268 g/mol. The minimum absolute atomic E-state index is 0.148. The maximum absolute atomic E-state index is 11.7. The fourth-order valence-corrected chi connectivity index (χ4v) is 2.83. The molecular formula is C14H24N2OS. The number of thiophene rings is 1. The molecule has 0 aromatic carbocycles. The normalized spacial score (nSPS) is 12.4. The van der Waals surface area contributed by atoms with Crippen LogP contribution in [0.15, 0.2) is 11.4 Å². The Bertz CT molecular complexity index is 362. The summed E-state index contributed by atoms with van der Waals surface area (Å²) in [5, 5.41) is 5.08. The summed E-state index contributed by atoms with van der Waals surface area (Å²) in [7, 11) is 0. The zero-order valence-electron chi connectivity index (χ0n) is 11.4. The van der Waals surface area contributed by atoms with Crippen molar-refractivity contribution < 1.29 is 4.79 Å². The van der Waals surface area contributed by atoms with Crippen molar-refractivity contribution in [3.63, 3.8) is 0 Å². The first-order valence-electron chi connectivity index (χ1n) is 6.69. The summed E-state index contributed by atoms with van der Waals surface area (Å²) in [5.74, 6) is 0.683. The van der Waals surface area contributed by atoms with Crippen LogP contribution < -0.4 is 11.1 Å². The van der Waals surface area contributed by atoms with E-state index in [1.165, 1.54) is 10.4 Å². The molecule has 1 amide bonds. The summed E-state index contributed by atoms with van der Waals surface area (Å²) in [6, 6.07) is 2.13. The van der Waals surface area contributed by atoms with E-state index >= 15 is 0 Å². The predicted molar refractivity (Wildman–Crippen MR) is 77.6 cm³/mol. The highest BCUT2D eigenvalue weighted by Crippen LogP contribution is 2.17. The van der Waals surface area contributed by atoms with Crippen LogP contribution in [-0.4, -0.2) is 12.5 Å². The van der Waals surface area contributed by atoms with Crippen LogP contribution in [0.1, 0.15) is 43.6 Å². The first-order chi connectivity index (χ1) is 8.67. The molecule has 3 N–H and O–H groups in total. The van der Waals surface area contributed by atoms with Gasteiger partial charge in [0.2, 0.25) is 5.91 Å². The van der Waals surface area contributed by atoms with Gasteiger partial charge in [0.15, 0.2) is 0 Å². The molecule has 0 aliphatic rings. The number of carbonyl (C=O) groups is 1. The molecule has 4 heteroatoms. The van der Waals surface area contributed by atoms with E-state index in [4.69, 9.17) is 5.73 Å². The van der Waals surface area contributed by atoms with E-state index in [9.17, 15) is 4.79 Å². The van der Waals surface area contributed by atoms with Gasteiger partial charge in [0.1, 0.15) is 0 Å². The Morgan fingerprint density at radius 2 is 2.28 bits per heavy atom. The fraction of sp³-hybridized carbons (Fsp3) is 0.643. The lowest BCUT2D eigenvalue weighted by atomic mass is 10.0. The summed E-state index contributed by atoms with van der Waals surface area (Å²) >= 11 is 1.72. The Hall–Kier alpha value is -0.870. The van der Waals surface area contributed by atoms with E-state index in [2.05, 4.69) is 30.6 Å². The molecule has 0 saturated carbocycles. The highest BCUT2D eigenvalue weighted by atomic mass is 32.1. The molecule has 18 heavy (non-hydrogen) atoms. The first-order valence-corrected chi connectivity index (χ1v) is 7.57. The average Bonchev–Trinajstić information content (AvgIpc) is 2.81. The van der Waals surface area contributed by atoms with Crippen molar-refractivity contribution in [3.05, 3.63) is 21.9 Å². The lowest BCUT2D eigenvalue weighted by Crippen LogP contribution is -2.23. The zero-order valence-corrected chi connectivity index (χ0v) is 12.2. The predicted octanol–water partition coefficient (Wildman–Crippen LogP) is 2.69. The molecule has 1 aromatic rings. The third-order valence-electron chi connectivity index (χ3n) is 3.19. The second-order valence-electron chi connectivity index (χ2n) is 4.72. The minimum atomic E-state index is 0.148. The van der Waals surface area contributed by atoms with Crippen LogP contribution in [0.4, 0.5) is 0 Å². The van der Waals surface area contributed by atoms with Crippen LogP contribution in [0.5, 0.6) is 0 Å². The van der Waals surface area contributed by atoms with Gasteiger partial charge < -0.3 is 11.1 Å². The number of aryl methyl sites for hydroxylation is 1. The molecule has 0 spiro atoms. The van der Waals surface area contributed by atoms with E-state index in [0.717, 1.165) is 19.3 Å². The summed E-state index contributed by atoms with van der Waals surface area (Å²) in [5.41, 5.74) is 6.84. The Balaban J connectivity index is 2.25. The number of hydrogen-bond acceptors (Lipinski definition) is 3. The summed E-state index contributed by atoms with van der Waals surface area (Å²) in [6.07, 6.45) is 3.56. The van der Waals surface area contributed by atoms with Crippen LogP contribution in [0.3, 0.4) is 0 Å². The van der Waals surface area contributed by atoms with Crippen molar-refractivity contribution in [2.45, 2.75) is 46.1 Å². The van der Waals surface area contributed by atoms with Crippen molar-refractivity contribution in [3.8, 4) is 0 Å². The fourth-order valence-electron chi connectivity index (χ4n) is 1.91. The third-order valence-corrected chi connectivity index (χ3v) is 4.15. The van der Waals surface area contributed by atoms with Crippen molar-refractivity contribution in [2.75, 3.05) is 6.54 Å². The molecule has 1 rings (SSSR count). The van der Waals surface area contributed by atoms with Crippen LogP contribution in [0.25, 0.3) is 0 Å². The van der Waals surface area contributed by atoms with E-state index in [1.54, 1.807) is 11.3 Å². The lowest BCUT2D eigenvalue weighted by molar-refractivity contribution is -0.121.